The molecule has 1 aromatic carbocycles. The molecule has 0 aromatic heterocycles. The largest absolute Gasteiger partial charge is 0.371 e. The summed E-state index contributed by atoms with van der Waals surface area (Å²) in [4.78, 5) is 2.38. The lowest BCUT2D eigenvalue weighted by molar-refractivity contribution is 0.577. The molecule has 2 rings (SSSR count). The van der Waals surface area contributed by atoms with Gasteiger partial charge in [-0.3, -0.25) is 0 Å². The minimum atomic E-state index is -0.0344. The van der Waals surface area contributed by atoms with E-state index in [-0.39, 0.29) is 5.96 Å². The Hall–Kier alpha value is -1.56. The van der Waals surface area contributed by atoms with Gasteiger partial charge in [-0.05, 0) is 31.4 Å². The molecule has 0 spiro atoms. The standard InChI is InChI=1S/C13H18BrN5/c14-11-5-4-10(9-17-18-13(15)16)12(8-11)19-6-2-1-3-7-19/h4-5,8-9H,1-3,6-7H2,(H4,15,16,18). The third kappa shape index (κ3) is 3.96. The Morgan fingerprint density at radius 1 is 1.21 bits per heavy atom. The highest BCUT2D eigenvalue weighted by molar-refractivity contribution is 9.10. The van der Waals surface area contributed by atoms with Gasteiger partial charge in [0.25, 0.3) is 0 Å². The SMILES string of the molecule is NC(N)=NN=Cc1ccc(Br)cc1N1CCCCC1. The van der Waals surface area contributed by atoms with E-state index in [1.165, 1.54) is 24.9 Å². The monoisotopic (exact) mass is 323 g/mol. The molecule has 0 aliphatic carbocycles. The molecule has 1 aliphatic heterocycles. The van der Waals surface area contributed by atoms with Crippen molar-refractivity contribution in [3.63, 3.8) is 0 Å². The smallest absolute Gasteiger partial charge is 0.211 e. The summed E-state index contributed by atoms with van der Waals surface area (Å²) in [5, 5.41) is 7.54. The van der Waals surface area contributed by atoms with Gasteiger partial charge in [0.05, 0.1) is 6.21 Å². The number of benzene rings is 1. The van der Waals surface area contributed by atoms with Crippen molar-refractivity contribution in [2.75, 3.05) is 18.0 Å². The number of halogens is 1. The third-order valence-corrected chi connectivity index (χ3v) is 3.55. The predicted molar refractivity (Wildman–Crippen MR) is 83.6 cm³/mol. The molecule has 5 nitrogen and oxygen atoms in total. The van der Waals surface area contributed by atoms with E-state index < -0.39 is 0 Å². The third-order valence-electron chi connectivity index (χ3n) is 3.06. The molecule has 19 heavy (non-hydrogen) atoms. The lowest BCUT2D eigenvalue weighted by Gasteiger charge is -2.30. The average Bonchev–Trinajstić information content (AvgIpc) is 2.41. The highest BCUT2D eigenvalue weighted by atomic mass is 79.9. The van der Waals surface area contributed by atoms with Gasteiger partial charge in [0, 0.05) is 28.8 Å². The maximum atomic E-state index is 5.26. The molecule has 1 aliphatic rings. The van der Waals surface area contributed by atoms with Crippen molar-refractivity contribution in [1.29, 1.82) is 0 Å². The van der Waals surface area contributed by atoms with Crippen LogP contribution in [0, 0.1) is 0 Å². The minimum absolute atomic E-state index is 0.0344. The second kappa shape index (κ2) is 6.56. The number of hydrogen-bond donors (Lipinski definition) is 2. The van der Waals surface area contributed by atoms with Crippen LogP contribution in [0.2, 0.25) is 0 Å². The number of anilines is 1. The molecule has 0 atom stereocenters. The van der Waals surface area contributed by atoms with Gasteiger partial charge in [0.15, 0.2) is 0 Å². The number of guanidine groups is 1. The maximum absolute atomic E-state index is 5.26. The Labute approximate surface area is 121 Å². The minimum Gasteiger partial charge on any atom is -0.371 e. The van der Waals surface area contributed by atoms with Crippen molar-refractivity contribution in [2.45, 2.75) is 19.3 Å². The Morgan fingerprint density at radius 2 is 1.95 bits per heavy atom. The number of rotatable bonds is 3. The van der Waals surface area contributed by atoms with Crippen molar-refractivity contribution in [2.24, 2.45) is 21.7 Å². The van der Waals surface area contributed by atoms with Crippen LogP contribution < -0.4 is 16.4 Å². The van der Waals surface area contributed by atoms with Crippen LogP contribution >= 0.6 is 15.9 Å². The van der Waals surface area contributed by atoms with Crippen LogP contribution in [0.15, 0.2) is 32.9 Å². The van der Waals surface area contributed by atoms with Gasteiger partial charge in [-0.1, -0.05) is 22.0 Å². The second-order valence-electron chi connectivity index (χ2n) is 4.52. The zero-order valence-corrected chi connectivity index (χ0v) is 12.3. The van der Waals surface area contributed by atoms with E-state index in [1.54, 1.807) is 6.21 Å². The van der Waals surface area contributed by atoms with Crippen LogP contribution in [0.25, 0.3) is 0 Å². The summed E-state index contributed by atoms with van der Waals surface area (Å²) in [6.07, 6.45) is 5.46. The van der Waals surface area contributed by atoms with Crippen LogP contribution in [0.1, 0.15) is 24.8 Å². The number of piperidine rings is 1. The highest BCUT2D eigenvalue weighted by Crippen LogP contribution is 2.26. The summed E-state index contributed by atoms with van der Waals surface area (Å²) < 4.78 is 1.06. The van der Waals surface area contributed by atoms with E-state index in [2.05, 4.69) is 37.1 Å². The molecule has 1 saturated heterocycles. The topological polar surface area (TPSA) is 80.0 Å². The van der Waals surface area contributed by atoms with Crippen molar-refractivity contribution < 1.29 is 0 Å². The molecule has 4 N–H and O–H groups in total. The Kier molecular flexibility index (Phi) is 4.79. The zero-order valence-electron chi connectivity index (χ0n) is 10.7. The van der Waals surface area contributed by atoms with Gasteiger partial charge in [0.2, 0.25) is 5.96 Å². The molecular weight excluding hydrogens is 306 g/mol. The van der Waals surface area contributed by atoms with Crippen LogP contribution in [0.5, 0.6) is 0 Å². The fraction of sp³-hybridized carbons (Fsp3) is 0.385. The summed E-state index contributed by atoms with van der Waals surface area (Å²) in [7, 11) is 0. The second-order valence-corrected chi connectivity index (χ2v) is 5.44. The zero-order chi connectivity index (χ0) is 13.7. The first kappa shape index (κ1) is 13.9. The number of nitrogens with two attached hydrogens (primary N) is 2. The Morgan fingerprint density at radius 3 is 2.63 bits per heavy atom. The van der Waals surface area contributed by atoms with Crippen molar-refractivity contribution in [3.05, 3.63) is 28.2 Å². The number of hydrogen-bond acceptors (Lipinski definition) is 3. The fourth-order valence-electron chi connectivity index (χ4n) is 2.19. The van der Waals surface area contributed by atoms with E-state index in [0.29, 0.717) is 0 Å². The summed E-state index contributed by atoms with van der Waals surface area (Å²) in [6.45, 7) is 2.17. The van der Waals surface area contributed by atoms with Crippen molar-refractivity contribution >= 4 is 33.8 Å². The van der Waals surface area contributed by atoms with Crippen molar-refractivity contribution in [3.8, 4) is 0 Å². The summed E-state index contributed by atoms with van der Waals surface area (Å²) in [6, 6.07) is 6.12. The number of nitrogens with zero attached hydrogens (tertiary/aromatic N) is 3. The van der Waals surface area contributed by atoms with E-state index >= 15 is 0 Å². The highest BCUT2D eigenvalue weighted by Gasteiger charge is 2.14. The molecule has 0 amide bonds. The first-order chi connectivity index (χ1) is 9.16. The maximum Gasteiger partial charge on any atom is 0.211 e. The first-order valence-corrected chi connectivity index (χ1v) is 7.12. The molecule has 0 unspecified atom stereocenters. The Bertz CT molecular complexity index is 488. The quantitative estimate of drug-likeness (QED) is 0.507. The van der Waals surface area contributed by atoms with E-state index in [9.17, 15) is 0 Å². The molecule has 1 fully saturated rings. The summed E-state index contributed by atoms with van der Waals surface area (Å²) >= 11 is 3.52. The van der Waals surface area contributed by atoms with Crippen LogP contribution in [-0.2, 0) is 0 Å². The lowest BCUT2D eigenvalue weighted by atomic mass is 10.1. The molecule has 1 heterocycles. The normalized spacial score (nSPS) is 15.7. The fourth-order valence-corrected chi connectivity index (χ4v) is 2.54. The lowest BCUT2D eigenvalue weighted by Crippen LogP contribution is -2.30. The molecule has 102 valence electrons. The molecular formula is C13H18BrN5. The van der Waals surface area contributed by atoms with Gasteiger partial charge in [0.1, 0.15) is 0 Å². The van der Waals surface area contributed by atoms with Gasteiger partial charge in [-0.2, -0.15) is 5.10 Å². The van der Waals surface area contributed by atoms with Crippen LogP contribution in [0.3, 0.4) is 0 Å². The van der Waals surface area contributed by atoms with E-state index in [0.717, 1.165) is 23.1 Å². The van der Waals surface area contributed by atoms with Crippen molar-refractivity contribution in [1.82, 2.24) is 0 Å². The van der Waals surface area contributed by atoms with Gasteiger partial charge >= 0.3 is 0 Å². The van der Waals surface area contributed by atoms with Gasteiger partial charge in [-0.25, -0.2) is 0 Å². The predicted octanol–water partition coefficient (Wildman–Crippen LogP) is 2.05. The van der Waals surface area contributed by atoms with E-state index in [4.69, 9.17) is 11.5 Å². The summed E-state index contributed by atoms with van der Waals surface area (Å²) in [5.74, 6) is -0.0344. The molecule has 0 radical (unpaired) electrons. The summed E-state index contributed by atoms with van der Waals surface area (Å²) in [5.41, 5.74) is 12.7. The molecule has 6 heteroatoms. The molecule has 1 aromatic rings. The Balaban J connectivity index is 2.26. The first-order valence-electron chi connectivity index (χ1n) is 6.33. The van der Waals surface area contributed by atoms with Crippen LogP contribution in [-0.4, -0.2) is 25.3 Å². The van der Waals surface area contributed by atoms with E-state index in [1.807, 2.05) is 12.1 Å². The van der Waals surface area contributed by atoms with Gasteiger partial charge < -0.3 is 16.4 Å². The van der Waals surface area contributed by atoms with Gasteiger partial charge in [-0.15, -0.1) is 5.10 Å². The average molecular weight is 324 g/mol. The molecule has 0 saturated carbocycles. The molecule has 0 bridgehead atoms. The van der Waals surface area contributed by atoms with Crippen LogP contribution in [0.4, 0.5) is 5.69 Å².